The van der Waals surface area contributed by atoms with Crippen molar-refractivity contribution in [1.29, 1.82) is 0 Å². The van der Waals surface area contributed by atoms with Crippen LogP contribution in [0.25, 0.3) is 0 Å². The van der Waals surface area contributed by atoms with E-state index in [1.54, 1.807) is 21.3 Å². The van der Waals surface area contributed by atoms with Crippen molar-refractivity contribution in [2.45, 2.75) is 43.7 Å². The summed E-state index contributed by atoms with van der Waals surface area (Å²) in [6.07, 6.45) is 0.914. The first-order valence-corrected chi connectivity index (χ1v) is 14.3. The second-order valence-corrected chi connectivity index (χ2v) is 10.5. The van der Waals surface area contributed by atoms with Gasteiger partial charge in [-0.15, -0.1) is 0 Å². The van der Waals surface area contributed by atoms with Crippen LogP contribution in [-0.2, 0) is 36.7 Å². The summed E-state index contributed by atoms with van der Waals surface area (Å²) in [4.78, 5) is 2.37. The molecule has 2 N–H and O–H groups in total. The first kappa shape index (κ1) is 30.7. The number of hydrogen-bond acceptors (Lipinski definition) is 9. The minimum absolute atomic E-state index is 0.0129. The molecule has 0 saturated carbocycles. The zero-order chi connectivity index (χ0) is 28.2. The second-order valence-electron chi connectivity index (χ2n) is 10.5. The Morgan fingerprint density at radius 2 is 1.68 bits per heavy atom. The van der Waals surface area contributed by atoms with Crippen molar-refractivity contribution in [2.75, 3.05) is 85.4 Å². The molecule has 0 aromatic heterocycles. The van der Waals surface area contributed by atoms with E-state index in [0.29, 0.717) is 32.9 Å². The summed E-state index contributed by atoms with van der Waals surface area (Å²) in [6.45, 7) is 6.24. The molecule has 0 radical (unpaired) electrons. The highest BCUT2D eigenvalue weighted by atomic mass is 16.5. The molecular weight excluding hydrogens is 512 g/mol. The second kappa shape index (κ2) is 16.3. The van der Waals surface area contributed by atoms with Gasteiger partial charge in [-0.25, -0.2) is 0 Å². The van der Waals surface area contributed by atoms with E-state index in [2.05, 4.69) is 52.7 Å². The molecule has 0 bridgehead atoms. The van der Waals surface area contributed by atoms with Gasteiger partial charge in [0.15, 0.2) is 0 Å². The third-order valence-corrected chi connectivity index (χ3v) is 7.54. The molecule has 40 heavy (non-hydrogen) atoms. The van der Waals surface area contributed by atoms with Gasteiger partial charge in [-0.3, -0.25) is 0 Å². The van der Waals surface area contributed by atoms with Gasteiger partial charge in [-0.05, 0) is 41.7 Å². The highest BCUT2D eigenvalue weighted by molar-refractivity contribution is 5.61. The number of benzene rings is 2. The summed E-state index contributed by atoms with van der Waals surface area (Å²) >= 11 is 0. The van der Waals surface area contributed by atoms with Crippen molar-refractivity contribution in [3.05, 3.63) is 59.2 Å². The molecule has 4 rings (SSSR count). The van der Waals surface area contributed by atoms with Gasteiger partial charge in [0.1, 0.15) is 18.5 Å². The van der Waals surface area contributed by atoms with Crippen LogP contribution in [0, 0.1) is 0 Å². The predicted octanol–water partition coefficient (Wildman–Crippen LogP) is 2.78. The normalized spacial score (nSPS) is 21.6. The first-order valence-electron chi connectivity index (χ1n) is 14.3. The van der Waals surface area contributed by atoms with E-state index in [1.807, 2.05) is 0 Å². The van der Waals surface area contributed by atoms with E-state index in [0.717, 1.165) is 49.5 Å². The number of aliphatic hydroxyl groups is 1. The van der Waals surface area contributed by atoms with Crippen molar-refractivity contribution in [1.82, 2.24) is 5.32 Å². The van der Waals surface area contributed by atoms with E-state index < -0.39 is 6.10 Å². The van der Waals surface area contributed by atoms with E-state index in [-0.39, 0.29) is 31.3 Å². The summed E-state index contributed by atoms with van der Waals surface area (Å²) in [5, 5.41) is 13.7. The SMILES string of the molecule is COCCCN1CCOc2ccc(CO[C@H]3CNC[C@@H](OCC(O)COC)[C@@H]3c3ccc(CCOC)cc3)cc21. The summed E-state index contributed by atoms with van der Waals surface area (Å²) in [5.74, 6) is 0.931. The van der Waals surface area contributed by atoms with Gasteiger partial charge in [0, 0.05) is 53.5 Å². The van der Waals surface area contributed by atoms with Gasteiger partial charge in [-0.1, -0.05) is 30.3 Å². The van der Waals surface area contributed by atoms with Gasteiger partial charge in [0.2, 0.25) is 0 Å². The highest BCUT2D eigenvalue weighted by Crippen LogP contribution is 2.34. The van der Waals surface area contributed by atoms with Crippen LogP contribution in [0.4, 0.5) is 5.69 Å². The Bertz CT molecular complexity index is 1010. The van der Waals surface area contributed by atoms with E-state index in [9.17, 15) is 5.11 Å². The lowest BCUT2D eigenvalue weighted by Gasteiger charge is -2.39. The number of nitrogens with zero attached hydrogens (tertiary/aromatic N) is 1. The molecule has 1 saturated heterocycles. The van der Waals surface area contributed by atoms with E-state index in [1.165, 1.54) is 11.1 Å². The molecule has 0 amide bonds. The monoisotopic (exact) mass is 558 g/mol. The molecule has 2 aliphatic rings. The van der Waals surface area contributed by atoms with Crippen LogP contribution in [0.3, 0.4) is 0 Å². The number of rotatable bonds is 16. The maximum absolute atomic E-state index is 10.2. The molecule has 2 aromatic carbocycles. The lowest BCUT2D eigenvalue weighted by atomic mass is 9.84. The standard InChI is InChI=1S/C31H46N2O7/c1-35-14-4-12-33-13-16-38-28-10-7-24(17-27(28)33)20-39-29-18-32-19-30(40-22-26(34)21-37-3)31(29)25-8-5-23(6-9-25)11-15-36-2/h5-10,17,26,29-32,34H,4,11-16,18-22H2,1-3H3/t26?,29-,30+,31+/m0/s1. The molecule has 4 atom stereocenters. The summed E-state index contributed by atoms with van der Waals surface area (Å²) in [5.41, 5.74) is 4.62. The average molecular weight is 559 g/mol. The minimum Gasteiger partial charge on any atom is -0.490 e. The van der Waals surface area contributed by atoms with Crippen molar-refractivity contribution in [3.63, 3.8) is 0 Å². The van der Waals surface area contributed by atoms with Crippen LogP contribution in [0.15, 0.2) is 42.5 Å². The lowest BCUT2D eigenvalue weighted by Crippen LogP contribution is -2.51. The fourth-order valence-electron chi connectivity index (χ4n) is 5.46. The molecule has 1 unspecified atom stereocenters. The Labute approximate surface area is 238 Å². The third kappa shape index (κ3) is 8.63. The van der Waals surface area contributed by atoms with Crippen molar-refractivity contribution < 1.29 is 33.5 Å². The van der Waals surface area contributed by atoms with Gasteiger partial charge < -0.3 is 43.7 Å². The van der Waals surface area contributed by atoms with Gasteiger partial charge in [0.05, 0.1) is 50.9 Å². The Morgan fingerprint density at radius 1 is 0.925 bits per heavy atom. The molecular formula is C31H46N2O7. The topological polar surface area (TPSA) is 90.9 Å². The summed E-state index contributed by atoms with van der Waals surface area (Å²) in [7, 11) is 5.04. The summed E-state index contributed by atoms with van der Waals surface area (Å²) in [6, 6.07) is 15.0. The number of anilines is 1. The molecule has 9 nitrogen and oxygen atoms in total. The largest absolute Gasteiger partial charge is 0.490 e. The maximum atomic E-state index is 10.2. The summed E-state index contributed by atoms with van der Waals surface area (Å²) < 4.78 is 34.4. The number of piperidine rings is 1. The number of aliphatic hydroxyl groups excluding tert-OH is 1. The number of methoxy groups -OCH3 is 3. The molecule has 1 fully saturated rings. The third-order valence-electron chi connectivity index (χ3n) is 7.54. The minimum atomic E-state index is -0.673. The highest BCUT2D eigenvalue weighted by Gasteiger charge is 2.36. The Hall–Kier alpha value is -2.24. The van der Waals surface area contributed by atoms with Crippen LogP contribution in [0.5, 0.6) is 5.75 Å². The van der Waals surface area contributed by atoms with Gasteiger partial charge >= 0.3 is 0 Å². The lowest BCUT2D eigenvalue weighted by molar-refractivity contribution is -0.0856. The van der Waals surface area contributed by atoms with Gasteiger partial charge in [0.25, 0.3) is 0 Å². The van der Waals surface area contributed by atoms with E-state index >= 15 is 0 Å². The van der Waals surface area contributed by atoms with Crippen LogP contribution in [0.1, 0.15) is 29.0 Å². The number of nitrogens with one attached hydrogen (secondary N) is 1. The van der Waals surface area contributed by atoms with Crippen LogP contribution >= 0.6 is 0 Å². The van der Waals surface area contributed by atoms with Crippen LogP contribution < -0.4 is 15.0 Å². The van der Waals surface area contributed by atoms with Crippen LogP contribution in [0.2, 0.25) is 0 Å². The fourth-order valence-corrected chi connectivity index (χ4v) is 5.46. The smallest absolute Gasteiger partial charge is 0.142 e. The Morgan fingerprint density at radius 3 is 2.42 bits per heavy atom. The molecule has 2 aromatic rings. The number of fused-ring (bicyclic) bond motifs is 1. The zero-order valence-corrected chi connectivity index (χ0v) is 24.2. The maximum Gasteiger partial charge on any atom is 0.142 e. The predicted molar refractivity (Wildman–Crippen MR) is 154 cm³/mol. The van der Waals surface area contributed by atoms with E-state index in [4.69, 9.17) is 28.4 Å². The number of ether oxygens (including phenoxy) is 6. The van der Waals surface area contributed by atoms with Crippen LogP contribution in [-0.4, -0.2) is 104 Å². The fraction of sp³-hybridized carbons (Fsp3) is 0.613. The average Bonchev–Trinajstić information content (AvgIpc) is 2.98. The number of hydrogen-bond donors (Lipinski definition) is 2. The zero-order valence-electron chi connectivity index (χ0n) is 24.2. The quantitative estimate of drug-likeness (QED) is 0.302. The molecule has 222 valence electrons. The van der Waals surface area contributed by atoms with Crippen molar-refractivity contribution in [3.8, 4) is 5.75 Å². The Balaban J connectivity index is 1.48. The molecule has 2 heterocycles. The molecule has 2 aliphatic heterocycles. The van der Waals surface area contributed by atoms with Gasteiger partial charge in [-0.2, -0.15) is 0 Å². The molecule has 0 spiro atoms. The van der Waals surface area contributed by atoms with Crippen molar-refractivity contribution in [2.24, 2.45) is 0 Å². The molecule has 0 aliphatic carbocycles. The molecule has 9 heteroatoms. The van der Waals surface area contributed by atoms with Crippen molar-refractivity contribution >= 4 is 5.69 Å². The Kier molecular flexibility index (Phi) is 12.5. The first-order chi connectivity index (χ1) is 19.6.